The van der Waals surface area contributed by atoms with Crippen molar-refractivity contribution in [1.82, 2.24) is 0 Å². The van der Waals surface area contributed by atoms with Gasteiger partial charge in [0, 0.05) is 19.3 Å². The lowest BCUT2D eigenvalue weighted by Gasteiger charge is -2.18. The van der Waals surface area contributed by atoms with Gasteiger partial charge in [-0.2, -0.15) is 0 Å². The largest absolute Gasteiger partial charge is 0.462 e. The predicted molar refractivity (Wildman–Crippen MR) is 362 cm³/mol. The first-order valence-electron chi connectivity index (χ1n) is 35.7. The van der Waals surface area contributed by atoms with Gasteiger partial charge in [-0.05, 0) is 122 Å². The summed E-state index contributed by atoms with van der Waals surface area (Å²) in [6.45, 7) is 6.53. The molecule has 0 aromatic carbocycles. The van der Waals surface area contributed by atoms with Gasteiger partial charge in [-0.3, -0.25) is 14.4 Å². The van der Waals surface area contributed by atoms with E-state index in [0.29, 0.717) is 19.3 Å². The molecule has 0 heterocycles. The van der Waals surface area contributed by atoms with Crippen LogP contribution >= 0.6 is 0 Å². The van der Waals surface area contributed by atoms with Crippen LogP contribution in [-0.4, -0.2) is 37.2 Å². The highest BCUT2D eigenvalue weighted by Gasteiger charge is 2.19. The summed E-state index contributed by atoms with van der Waals surface area (Å²) in [6.07, 6.45) is 95.7. The molecule has 0 fully saturated rings. The van der Waals surface area contributed by atoms with E-state index in [2.05, 4.69) is 118 Å². The second-order valence-electron chi connectivity index (χ2n) is 23.8. The van der Waals surface area contributed by atoms with Crippen LogP contribution in [0.15, 0.2) is 97.2 Å². The SMILES string of the molecule is CC/C=C\C/C=C\C/C=C\C/C=C\CCCCCCCCCCC(=O)OC(COC(=O)CCCCCCCC/C=C\C/C=C\C/C=C\CCCCC)COC(=O)CCCCCCCCCCCCCCC/C=C\CCCCCCCCCC. The summed E-state index contributed by atoms with van der Waals surface area (Å²) in [7, 11) is 0. The topological polar surface area (TPSA) is 78.9 Å². The van der Waals surface area contributed by atoms with Gasteiger partial charge in [0.15, 0.2) is 6.10 Å². The highest BCUT2D eigenvalue weighted by molar-refractivity contribution is 5.71. The fraction of sp³-hybridized carbons (Fsp3) is 0.753. The molecule has 478 valence electrons. The minimum Gasteiger partial charge on any atom is -0.462 e. The number of esters is 3. The van der Waals surface area contributed by atoms with Crippen LogP contribution in [0.1, 0.15) is 355 Å². The monoisotopic (exact) mass is 1160 g/mol. The third-order valence-electron chi connectivity index (χ3n) is 15.5. The molecule has 6 nitrogen and oxygen atoms in total. The fourth-order valence-corrected chi connectivity index (χ4v) is 10.2. The lowest BCUT2D eigenvalue weighted by atomic mass is 10.0. The molecule has 1 unspecified atom stereocenters. The van der Waals surface area contributed by atoms with Crippen molar-refractivity contribution in [3.05, 3.63) is 97.2 Å². The molecule has 0 N–H and O–H groups in total. The quantitative estimate of drug-likeness (QED) is 0.0261. The standard InChI is InChI=1S/C77H134O6/c1-4-7-10-13-16-19-22-25-28-31-34-36-37-38-39-41-43-46-49-52-55-58-61-64-67-70-76(79)82-73-74(72-81-75(78)69-66-63-60-57-54-51-48-45-42-33-30-27-24-21-18-15-12-9-6-3)83-77(80)71-68-65-62-59-56-53-50-47-44-40-35-32-29-26-23-20-17-14-11-8-5-2/h8,11,17-18,20-21,26-27,29-31,34-35,40,42,45,74H,4-7,9-10,12-16,19,22-25,28,32-33,36-39,41,43-44,46-73H2,1-3H3/b11-8-,20-17-,21-18-,29-26-,30-27-,34-31-,40-35-,45-42-. The number of carbonyl (C=O) groups excluding carboxylic acids is 3. The van der Waals surface area contributed by atoms with Crippen LogP contribution in [0.5, 0.6) is 0 Å². The van der Waals surface area contributed by atoms with Crippen molar-refractivity contribution in [3.63, 3.8) is 0 Å². The molecule has 0 aromatic heterocycles. The van der Waals surface area contributed by atoms with Gasteiger partial charge in [-0.25, -0.2) is 0 Å². The second kappa shape index (κ2) is 70.8. The Morgan fingerprint density at radius 1 is 0.253 bits per heavy atom. The van der Waals surface area contributed by atoms with Crippen LogP contribution in [0.2, 0.25) is 0 Å². The summed E-state index contributed by atoms with van der Waals surface area (Å²) in [5, 5.41) is 0. The zero-order chi connectivity index (χ0) is 59.9. The normalized spacial score (nSPS) is 12.7. The number of hydrogen-bond acceptors (Lipinski definition) is 6. The number of hydrogen-bond donors (Lipinski definition) is 0. The van der Waals surface area contributed by atoms with Gasteiger partial charge in [0.25, 0.3) is 0 Å². The molecule has 0 aromatic rings. The highest BCUT2D eigenvalue weighted by atomic mass is 16.6. The van der Waals surface area contributed by atoms with E-state index < -0.39 is 6.10 Å². The molecule has 0 bridgehead atoms. The average molecular weight is 1160 g/mol. The zero-order valence-corrected chi connectivity index (χ0v) is 54.9. The predicted octanol–water partition coefficient (Wildman–Crippen LogP) is 24.8. The lowest BCUT2D eigenvalue weighted by molar-refractivity contribution is -0.167. The number of unbranched alkanes of at least 4 members (excludes halogenated alkanes) is 38. The van der Waals surface area contributed by atoms with Gasteiger partial charge in [0.05, 0.1) is 0 Å². The van der Waals surface area contributed by atoms with Crippen molar-refractivity contribution in [3.8, 4) is 0 Å². The Balaban J connectivity index is 4.38. The maximum Gasteiger partial charge on any atom is 0.306 e. The van der Waals surface area contributed by atoms with E-state index >= 15 is 0 Å². The lowest BCUT2D eigenvalue weighted by Crippen LogP contribution is -2.30. The van der Waals surface area contributed by atoms with Gasteiger partial charge in [0.1, 0.15) is 13.2 Å². The van der Waals surface area contributed by atoms with Gasteiger partial charge >= 0.3 is 17.9 Å². The van der Waals surface area contributed by atoms with Crippen LogP contribution in [0, 0.1) is 0 Å². The van der Waals surface area contributed by atoms with E-state index in [1.807, 2.05) is 0 Å². The molecule has 0 saturated carbocycles. The van der Waals surface area contributed by atoms with Crippen LogP contribution in [0.25, 0.3) is 0 Å². The van der Waals surface area contributed by atoms with Crippen molar-refractivity contribution >= 4 is 17.9 Å². The molecule has 0 radical (unpaired) electrons. The Morgan fingerprint density at radius 3 is 0.771 bits per heavy atom. The van der Waals surface area contributed by atoms with Crippen molar-refractivity contribution < 1.29 is 28.6 Å². The molecular formula is C77H134O6. The Kier molecular flexibility index (Phi) is 67.7. The maximum atomic E-state index is 13.0. The van der Waals surface area contributed by atoms with Gasteiger partial charge in [-0.15, -0.1) is 0 Å². The number of allylic oxidation sites excluding steroid dienone is 16. The number of ether oxygens (including phenoxy) is 3. The van der Waals surface area contributed by atoms with E-state index in [1.165, 1.54) is 205 Å². The molecule has 1 atom stereocenters. The molecule has 0 aliphatic carbocycles. The molecule has 0 saturated heterocycles. The van der Waals surface area contributed by atoms with E-state index in [1.54, 1.807) is 0 Å². The number of rotatable bonds is 65. The Hall–Kier alpha value is -3.67. The molecule has 0 aliphatic heterocycles. The summed E-state index contributed by atoms with van der Waals surface area (Å²) < 4.78 is 17.0. The summed E-state index contributed by atoms with van der Waals surface area (Å²) in [5.74, 6) is -0.889. The third kappa shape index (κ3) is 69.0. The van der Waals surface area contributed by atoms with Crippen LogP contribution < -0.4 is 0 Å². The first kappa shape index (κ1) is 79.3. The minimum absolute atomic E-state index is 0.0837. The fourth-order valence-electron chi connectivity index (χ4n) is 10.2. The summed E-state index contributed by atoms with van der Waals surface area (Å²) in [4.78, 5) is 38.5. The first-order chi connectivity index (χ1) is 41.0. The number of carbonyl (C=O) groups is 3. The molecule has 0 aliphatic rings. The average Bonchev–Trinajstić information content (AvgIpc) is 3.50. The second-order valence-corrected chi connectivity index (χ2v) is 23.8. The first-order valence-corrected chi connectivity index (χ1v) is 35.7. The molecule has 6 heteroatoms. The molecule has 0 spiro atoms. The molecular weight excluding hydrogens is 1020 g/mol. The summed E-state index contributed by atoms with van der Waals surface area (Å²) in [5.41, 5.74) is 0. The van der Waals surface area contributed by atoms with Gasteiger partial charge in [-0.1, -0.05) is 311 Å². The maximum absolute atomic E-state index is 13.0. The van der Waals surface area contributed by atoms with Crippen LogP contribution in [0.4, 0.5) is 0 Å². The molecule has 83 heavy (non-hydrogen) atoms. The Morgan fingerprint density at radius 2 is 0.470 bits per heavy atom. The van der Waals surface area contributed by atoms with Crippen molar-refractivity contribution in [2.24, 2.45) is 0 Å². The van der Waals surface area contributed by atoms with Gasteiger partial charge in [0.2, 0.25) is 0 Å². The van der Waals surface area contributed by atoms with Crippen molar-refractivity contribution in [1.29, 1.82) is 0 Å². The van der Waals surface area contributed by atoms with E-state index in [4.69, 9.17) is 14.2 Å². The summed E-state index contributed by atoms with van der Waals surface area (Å²) in [6, 6.07) is 0. The van der Waals surface area contributed by atoms with E-state index in [-0.39, 0.29) is 31.1 Å². The van der Waals surface area contributed by atoms with Crippen molar-refractivity contribution in [2.45, 2.75) is 361 Å². The van der Waals surface area contributed by atoms with Crippen molar-refractivity contribution in [2.75, 3.05) is 13.2 Å². The van der Waals surface area contributed by atoms with E-state index in [0.717, 1.165) is 109 Å². The highest BCUT2D eigenvalue weighted by Crippen LogP contribution is 2.17. The zero-order valence-electron chi connectivity index (χ0n) is 54.9. The van der Waals surface area contributed by atoms with Crippen LogP contribution in [-0.2, 0) is 28.6 Å². The van der Waals surface area contributed by atoms with E-state index in [9.17, 15) is 14.4 Å². The smallest absolute Gasteiger partial charge is 0.306 e. The Labute approximate surface area is 515 Å². The third-order valence-corrected chi connectivity index (χ3v) is 15.5. The molecule has 0 amide bonds. The van der Waals surface area contributed by atoms with Gasteiger partial charge < -0.3 is 14.2 Å². The molecule has 0 rings (SSSR count). The minimum atomic E-state index is -0.791. The van der Waals surface area contributed by atoms with Crippen LogP contribution in [0.3, 0.4) is 0 Å². The Bertz CT molecular complexity index is 1610. The summed E-state index contributed by atoms with van der Waals surface area (Å²) >= 11 is 0.